The Kier molecular flexibility index (Phi) is 9.50. The van der Waals surface area contributed by atoms with E-state index < -0.39 is 11.7 Å². The summed E-state index contributed by atoms with van der Waals surface area (Å²) in [4.78, 5) is 55.5. The molecule has 2 aromatic heterocycles. The average molecular weight is 791 g/mol. The molecule has 14 heteroatoms. The molecule has 8 rings (SSSR count). The third kappa shape index (κ3) is 6.75. The number of hydrogen-bond acceptors (Lipinski definition) is 8. The Morgan fingerprint density at radius 2 is 1.69 bits per heavy atom. The second-order valence-electron chi connectivity index (χ2n) is 13.1. The van der Waals surface area contributed by atoms with Gasteiger partial charge in [0.05, 0.1) is 27.9 Å². The Hall–Kier alpha value is -6.15. The van der Waals surface area contributed by atoms with Crippen molar-refractivity contribution in [3.05, 3.63) is 134 Å². The maximum absolute atomic E-state index is 15.0. The molecule has 4 aromatic carbocycles. The first-order valence-corrected chi connectivity index (χ1v) is 18.2. The van der Waals surface area contributed by atoms with Gasteiger partial charge in [0.2, 0.25) is 5.91 Å². The molecule has 0 spiro atoms. The number of piperazine rings is 1. The van der Waals surface area contributed by atoms with Crippen molar-refractivity contribution >= 4 is 66.5 Å². The Balaban J connectivity index is 0.863. The molecule has 0 radical (unpaired) electrons. The summed E-state index contributed by atoms with van der Waals surface area (Å²) in [6.07, 6.45) is 0.924. The summed E-state index contributed by atoms with van der Waals surface area (Å²) in [5.74, 6) is -1.17. The summed E-state index contributed by atoms with van der Waals surface area (Å²) in [5, 5.41) is 24.0. The molecule has 0 atom stereocenters. The molecule has 3 N–H and O–H groups in total. The highest BCUT2D eigenvalue weighted by Crippen LogP contribution is 2.36. The maximum Gasteiger partial charge on any atom is 0.272 e. The van der Waals surface area contributed by atoms with Crippen LogP contribution in [0.5, 0.6) is 5.88 Å². The van der Waals surface area contributed by atoms with Gasteiger partial charge in [-0.05, 0) is 54.4 Å². The number of hydrogen-bond donors (Lipinski definition) is 3. The van der Waals surface area contributed by atoms with Gasteiger partial charge in [-0.3, -0.25) is 14.4 Å². The number of amides is 2. The number of rotatable bonds is 9. The number of aromatic amines is 2. The smallest absolute Gasteiger partial charge is 0.272 e. The number of aromatic nitrogens is 3. The summed E-state index contributed by atoms with van der Waals surface area (Å²) in [5.41, 5.74) is 4.65. The highest BCUT2D eigenvalue weighted by molar-refractivity contribution is 9.10. The van der Waals surface area contributed by atoms with Crippen molar-refractivity contribution in [3.63, 3.8) is 0 Å². The number of aromatic hydroxyl groups is 1. The van der Waals surface area contributed by atoms with Crippen LogP contribution >= 0.6 is 15.9 Å². The molecular weight excluding hydrogens is 757 g/mol. The Morgan fingerprint density at radius 1 is 0.926 bits per heavy atom. The van der Waals surface area contributed by atoms with Crippen molar-refractivity contribution in [2.45, 2.75) is 19.3 Å². The second-order valence-corrected chi connectivity index (χ2v) is 14.0. The first kappa shape index (κ1) is 34.9. The van der Waals surface area contributed by atoms with E-state index in [1.807, 2.05) is 54.6 Å². The molecule has 0 unspecified atom stereocenters. The summed E-state index contributed by atoms with van der Waals surface area (Å²) in [6, 6.07) is 24.7. The van der Waals surface area contributed by atoms with Crippen LogP contribution in [0.1, 0.15) is 45.6 Å². The number of benzene rings is 4. The van der Waals surface area contributed by atoms with Crippen molar-refractivity contribution in [1.29, 1.82) is 0 Å². The van der Waals surface area contributed by atoms with Gasteiger partial charge in [-0.25, -0.2) is 14.5 Å². The van der Waals surface area contributed by atoms with E-state index in [-0.39, 0.29) is 49.0 Å². The third-order valence-electron chi connectivity index (χ3n) is 9.70. The Bertz CT molecular complexity index is 2570. The van der Waals surface area contributed by atoms with E-state index in [1.165, 1.54) is 12.1 Å². The van der Waals surface area contributed by atoms with E-state index in [9.17, 15) is 23.9 Å². The van der Waals surface area contributed by atoms with Gasteiger partial charge in [0.25, 0.3) is 11.5 Å². The van der Waals surface area contributed by atoms with Crippen molar-refractivity contribution in [3.8, 4) is 5.88 Å². The minimum Gasteiger partial charge on any atom is -0.494 e. The fourth-order valence-corrected chi connectivity index (χ4v) is 7.32. The number of nitrogens with zero attached hydrogens (tertiary/aromatic N) is 5. The third-order valence-corrected chi connectivity index (χ3v) is 10.2. The van der Waals surface area contributed by atoms with Gasteiger partial charge in [0.15, 0.2) is 5.88 Å². The minimum atomic E-state index is -0.629. The number of H-pyrrole nitrogens is 2. The number of halogens is 2. The summed E-state index contributed by atoms with van der Waals surface area (Å²) < 4.78 is 15.8. The molecule has 6 aromatic rings. The SMILES string of the molecule is O=C(CCCO/N=C1/C(c2c(O)[nH]c3ccc(Br)cc23)=Nc2ccccc21)N1CCN(C(=O)c2cc(Cc3n[nH]c(=O)c4ccccc34)ccc2F)CC1. The topological polar surface area (TPSA) is 156 Å². The molecule has 12 nitrogen and oxygen atoms in total. The van der Waals surface area contributed by atoms with E-state index in [0.717, 1.165) is 20.9 Å². The Labute approximate surface area is 316 Å². The van der Waals surface area contributed by atoms with Crippen LogP contribution in [0, 0.1) is 5.82 Å². The predicted molar refractivity (Wildman–Crippen MR) is 206 cm³/mol. The van der Waals surface area contributed by atoms with Gasteiger partial charge in [0, 0.05) is 65.3 Å². The monoisotopic (exact) mass is 789 g/mol. The van der Waals surface area contributed by atoms with Crippen molar-refractivity contribution in [2.24, 2.45) is 10.1 Å². The molecule has 0 aliphatic carbocycles. The highest BCUT2D eigenvalue weighted by atomic mass is 79.9. The van der Waals surface area contributed by atoms with E-state index in [2.05, 4.69) is 36.3 Å². The fraction of sp³-hybridized carbons (Fsp3) is 0.200. The van der Waals surface area contributed by atoms with E-state index in [0.29, 0.717) is 70.6 Å². The molecule has 0 saturated carbocycles. The lowest BCUT2D eigenvalue weighted by Crippen LogP contribution is -2.50. The van der Waals surface area contributed by atoms with Crippen molar-refractivity contribution < 1.29 is 23.9 Å². The summed E-state index contributed by atoms with van der Waals surface area (Å²) in [6.45, 7) is 1.35. The van der Waals surface area contributed by atoms with Crippen LogP contribution in [0.3, 0.4) is 0 Å². The highest BCUT2D eigenvalue weighted by Gasteiger charge is 2.30. The second kappa shape index (κ2) is 14.7. The van der Waals surface area contributed by atoms with E-state index in [4.69, 9.17) is 9.83 Å². The van der Waals surface area contributed by atoms with Crippen molar-refractivity contribution in [2.75, 3.05) is 32.8 Å². The maximum atomic E-state index is 15.0. The van der Waals surface area contributed by atoms with Crippen LogP contribution < -0.4 is 5.56 Å². The molecule has 2 amide bonds. The predicted octanol–water partition coefficient (Wildman–Crippen LogP) is 6.22. The van der Waals surface area contributed by atoms with E-state index >= 15 is 0 Å². The normalized spacial score (nSPS) is 14.9. The molecular formula is C40H33BrFN7O5. The molecule has 4 heterocycles. The number of oxime groups is 1. The zero-order valence-electron chi connectivity index (χ0n) is 28.8. The molecule has 1 fully saturated rings. The van der Waals surface area contributed by atoms with Crippen LogP contribution in [0.2, 0.25) is 0 Å². The number of para-hydroxylation sites is 1. The first-order valence-electron chi connectivity index (χ1n) is 17.5. The standard InChI is InChI=1S/C40H33BrFN7O5/c41-24-12-14-32-29(22-24)35(39(52)44-32)37-36(27-8-3-4-9-31(27)43-37)47-54-19-5-10-34(50)48-15-17-49(18-16-48)40(53)28-20-23(11-13-30(28)42)21-33-25-6-1-2-7-26(25)38(51)46-45-33/h1-4,6-9,11-14,20,22,44,52H,5,10,15-19,21H2,(H,46,51)/b47-36+. The molecule has 2 aliphatic heterocycles. The fourth-order valence-electron chi connectivity index (χ4n) is 6.96. The lowest BCUT2D eigenvalue weighted by atomic mass is 10.0. The molecule has 272 valence electrons. The van der Waals surface area contributed by atoms with Crippen LogP contribution in [-0.4, -0.2) is 86.1 Å². The van der Waals surface area contributed by atoms with Gasteiger partial charge < -0.3 is 24.7 Å². The number of carbonyl (C=O) groups is 2. The molecule has 0 bridgehead atoms. The average Bonchev–Trinajstić information content (AvgIpc) is 3.71. The van der Waals surface area contributed by atoms with Gasteiger partial charge in [-0.15, -0.1) is 0 Å². The quantitative estimate of drug-likeness (QED) is 0.117. The number of carbonyl (C=O) groups excluding carboxylic acids is 2. The van der Waals surface area contributed by atoms with Gasteiger partial charge >= 0.3 is 0 Å². The summed E-state index contributed by atoms with van der Waals surface area (Å²) in [7, 11) is 0. The molecule has 54 heavy (non-hydrogen) atoms. The van der Waals surface area contributed by atoms with Crippen LogP contribution in [0.15, 0.2) is 104 Å². The molecule has 2 aliphatic rings. The van der Waals surface area contributed by atoms with E-state index in [1.54, 1.807) is 28.0 Å². The lowest BCUT2D eigenvalue weighted by molar-refractivity contribution is -0.133. The van der Waals surface area contributed by atoms with Gasteiger partial charge in [-0.1, -0.05) is 63.6 Å². The van der Waals surface area contributed by atoms with Crippen molar-refractivity contribution in [1.82, 2.24) is 25.0 Å². The molecule has 1 saturated heterocycles. The number of nitrogens with one attached hydrogen (secondary N) is 2. The van der Waals surface area contributed by atoms with Crippen LogP contribution in [0.4, 0.5) is 10.1 Å². The Morgan fingerprint density at radius 3 is 2.52 bits per heavy atom. The number of aliphatic imine (C=N–C) groups is 1. The first-order chi connectivity index (χ1) is 26.2. The van der Waals surface area contributed by atoms with Gasteiger partial charge in [-0.2, -0.15) is 5.10 Å². The lowest BCUT2D eigenvalue weighted by Gasteiger charge is -2.35. The zero-order chi connectivity index (χ0) is 37.3. The minimum absolute atomic E-state index is 0.0255. The largest absolute Gasteiger partial charge is 0.494 e. The number of fused-ring (bicyclic) bond motifs is 3. The zero-order valence-corrected chi connectivity index (χ0v) is 30.4. The van der Waals surface area contributed by atoms with Gasteiger partial charge in [0.1, 0.15) is 23.8 Å². The van der Waals surface area contributed by atoms with Crippen LogP contribution in [-0.2, 0) is 16.1 Å². The van der Waals surface area contributed by atoms with Crippen LogP contribution in [0.25, 0.3) is 21.7 Å². The summed E-state index contributed by atoms with van der Waals surface area (Å²) >= 11 is 3.51.